The highest BCUT2D eigenvalue weighted by atomic mass is 16.5. The third kappa shape index (κ3) is 5.35. The van der Waals surface area contributed by atoms with Gasteiger partial charge in [0.25, 0.3) is 5.91 Å². The standard InChI is InChI=1S/C19H26N2O6/c1-10(2)20-17(22)9-27-19(24)13-7-15(25-4)16(26-5)8-14(13)21-18(23)12-6-11(12)3/h7-8,10-12H,6,9H2,1-5H3,(H,20,22)(H,21,23). The number of ether oxygens (including phenoxy) is 3. The van der Waals surface area contributed by atoms with Crippen LogP contribution in [0.25, 0.3) is 0 Å². The molecule has 1 aliphatic carbocycles. The van der Waals surface area contributed by atoms with Gasteiger partial charge in [-0.2, -0.15) is 0 Å². The molecule has 8 nitrogen and oxygen atoms in total. The molecule has 0 saturated heterocycles. The lowest BCUT2D eigenvalue weighted by molar-refractivity contribution is -0.124. The average Bonchev–Trinajstić information content (AvgIpc) is 3.35. The molecule has 0 aliphatic heterocycles. The molecule has 2 rings (SSSR count). The summed E-state index contributed by atoms with van der Waals surface area (Å²) in [6.45, 7) is 5.18. The molecule has 0 heterocycles. The maximum Gasteiger partial charge on any atom is 0.340 e. The Balaban J connectivity index is 2.21. The fourth-order valence-electron chi connectivity index (χ4n) is 2.64. The van der Waals surface area contributed by atoms with E-state index in [1.54, 1.807) is 13.8 Å². The molecule has 1 aromatic rings. The minimum atomic E-state index is -0.742. The van der Waals surface area contributed by atoms with E-state index < -0.39 is 18.5 Å². The monoisotopic (exact) mass is 378 g/mol. The molecule has 8 heteroatoms. The Hall–Kier alpha value is -2.77. The molecule has 0 bridgehead atoms. The number of methoxy groups -OCH3 is 2. The molecule has 0 radical (unpaired) electrons. The van der Waals surface area contributed by atoms with Gasteiger partial charge in [-0.05, 0) is 26.2 Å². The van der Waals surface area contributed by atoms with Gasteiger partial charge in [0, 0.05) is 24.1 Å². The number of hydrogen-bond donors (Lipinski definition) is 2. The predicted octanol–water partition coefficient (Wildman–Crippen LogP) is 1.98. The van der Waals surface area contributed by atoms with Crippen LogP contribution in [-0.4, -0.2) is 44.7 Å². The van der Waals surface area contributed by atoms with Crippen LogP contribution in [0, 0.1) is 11.8 Å². The van der Waals surface area contributed by atoms with Crippen molar-refractivity contribution in [1.29, 1.82) is 0 Å². The Morgan fingerprint density at radius 2 is 1.74 bits per heavy atom. The highest BCUT2D eigenvalue weighted by molar-refractivity contribution is 6.03. The normalized spacial score (nSPS) is 17.9. The minimum Gasteiger partial charge on any atom is -0.493 e. The maximum atomic E-state index is 12.5. The van der Waals surface area contributed by atoms with Gasteiger partial charge in [0.15, 0.2) is 18.1 Å². The summed E-state index contributed by atoms with van der Waals surface area (Å²) in [4.78, 5) is 36.5. The van der Waals surface area contributed by atoms with Crippen molar-refractivity contribution in [3.05, 3.63) is 17.7 Å². The minimum absolute atomic E-state index is 0.0623. The zero-order valence-corrected chi connectivity index (χ0v) is 16.3. The molecule has 1 saturated carbocycles. The lowest BCUT2D eigenvalue weighted by atomic mass is 10.1. The number of carbonyl (C=O) groups excluding carboxylic acids is 3. The Labute approximate surface area is 158 Å². The van der Waals surface area contributed by atoms with Crippen molar-refractivity contribution < 1.29 is 28.6 Å². The highest BCUT2D eigenvalue weighted by Crippen LogP contribution is 2.40. The van der Waals surface area contributed by atoms with Crippen molar-refractivity contribution in [2.75, 3.05) is 26.1 Å². The second-order valence-corrected chi connectivity index (χ2v) is 6.86. The predicted molar refractivity (Wildman–Crippen MR) is 99.0 cm³/mol. The Morgan fingerprint density at radius 3 is 2.26 bits per heavy atom. The van der Waals surface area contributed by atoms with E-state index in [1.165, 1.54) is 26.4 Å². The Bertz CT molecular complexity index is 731. The van der Waals surface area contributed by atoms with E-state index in [0.29, 0.717) is 17.4 Å². The molecule has 2 unspecified atom stereocenters. The van der Waals surface area contributed by atoms with Crippen molar-refractivity contribution in [3.63, 3.8) is 0 Å². The number of anilines is 1. The van der Waals surface area contributed by atoms with Crippen LogP contribution in [0.1, 0.15) is 37.6 Å². The first-order valence-corrected chi connectivity index (χ1v) is 8.80. The van der Waals surface area contributed by atoms with Crippen LogP contribution in [0.15, 0.2) is 12.1 Å². The third-order valence-electron chi connectivity index (χ3n) is 4.23. The fourth-order valence-corrected chi connectivity index (χ4v) is 2.64. The molecule has 1 aliphatic rings. The Morgan fingerprint density at radius 1 is 1.15 bits per heavy atom. The van der Waals surface area contributed by atoms with Crippen LogP contribution in [-0.2, 0) is 14.3 Å². The molecule has 0 spiro atoms. The topological polar surface area (TPSA) is 103 Å². The summed E-state index contributed by atoms with van der Waals surface area (Å²) in [6.07, 6.45) is 0.814. The van der Waals surface area contributed by atoms with E-state index in [9.17, 15) is 14.4 Å². The smallest absolute Gasteiger partial charge is 0.340 e. The van der Waals surface area contributed by atoms with E-state index in [2.05, 4.69) is 10.6 Å². The van der Waals surface area contributed by atoms with Crippen LogP contribution in [0.3, 0.4) is 0 Å². The van der Waals surface area contributed by atoms with Crippen LogP contribution in [0.5, 0.6) is 11.5 Å². The Kier molecular flexibility index (Phi) is 6.65. The summed E-state index contributed by atoms with van der Waals surface area (Å²) in [6, 6.07) is 2.87. The lowest BCUT2D eigenvalue weighted by Crippen LogP contribution is -2.34. The van der Waals surface area contributed by atoms with Crippen LogP contribution >= 0.6 is 0 Å². The van der Waals surface area contributed by atoms with Crippen molar-refractivity contribution >= 4 is 23.5 Å². The van der Waals surface area contributed by atoms with Gasteiger partial charge < -0.3 is 24.8 Å². The molecular formula is C19H26N2O6. The molecule has 2 atom stereocenters. The number of carbonyl (C=O) groups is 3. The summed E-state index contributed by atoms with van der Waals surface area (Å²) in [5.41, 5.74) is 0.345. The van der Waals surface area contributed by atoms with Crippen molar-refractivity contribution in [3.8, 4) is 11.5 Å². The number of esters is 1. The van der Waals surface area contributed by atoms with Gasteiger partial charge in [0.2, 0.25) is 5.91 Å². The molecule has 27 heavy (non-hydrogen) atoms. The van der Waals surface area contributed by atoms with E-state index in [0.717, 1.165) is 6.42 Å². The number of amides is 2. The van der Waals surface area contributed by atoms with Crippen molar-refractivity contribution in [1.82, 2.24) is 5.32 Å². The summed E-state index contributed by atoms with van der Waals surface area (Å²) < 4.78 is 15.5. The van der Waals surface area contributed by atoms with Crippen LogP contribution in [0.4, 0.5) is 5.69 Å². The average molecular weight is 378 g/mol. The van der Waals surface area contributed by atoms with E-state index in [4.69, 9.17) is 14.2 Å². The van der Waals surface area contributed by atoms with E-state index in [-0.39, 0.29) is 29.1 Å². The largest absolute Gasteiger partial charge is 0.493 e. The quantitative estimate of drug-likeness (QED) is 0.671. The number of benzene rings is 1. The second kappa shape index (κ2) is 8.75. The fraction of sp³-hybridized carbons (Fsp3) is 0.526. The van der Waals surface area contributed by atoms with E-state index >= 15 is 0 Å². The zero-order chi connectivity index (χ0) is 20.1. The van der Waals surface area contributed by atoms with Gasteiger partial charge >= 0.3 is 5.97 Å². The molecule has 2 N–H and O–H groups in total. The summed E-state index contributed by atoms with van der Waals surface area (Å²) in [5, 5.41) is 5.39. The first-order chi connectivity index (χ1) is 12.8. The molecule has 1 fully saturated rings. The molecule has 2 amide bonds. The molecule has 0 aromatic heterocycles. The first-order valence-electron chi connectivity index (χ1n) is 8.80. The number of hydrogen-bond acceptors (Lipinski definition) is 6. The van der Waals surface area contributed by atoms with Crippen LogP contribution in [0.2, 0.25) is 0 Å². The highest BCUT2D eigenvalue weighted by Gasteiger charge is 2.39. The third-order valence-corrected chi connectivity index (χ3v) is 4.23. The summed E-state index contributed by atoms with van der Waals surface area (Å²) in [5.74, 6) is -0.384. The van der Waals surface area contributed by atoms with Gasteiger partial charge in [-0.25, -0.2) is 4.79 Å². The molecule has 148 valence electrons. The number of rotatable bonds is 8. The SMILES string of the molecule is COc1cc(NC(=O)C2CC2C)c(C(=O)OCC(=O)NC(C)C)cc1OC. The second-order valence-electron chi connectivity index (χ2n) is 6.86. The first kappa shape index (κ1) is 20.5. The molecule has 1 aromatic carbocycles. The van der Waals surface area contributed by atoms with Gasteiger partial charge in [0.05, 0.1) is 25.5 Å². The van der Waals surface area contributed by atoms with Gasteiger partial charge in [0.1, 0.15) is 0 Å². The van der Waals surface area contributed by atoms with Gasteiger partial charge in [-0.1, -0.05) is 6.92 Å². The van der Waals surface area contributed by atoms with Gasteiger partial charge in [-0.3, -0.25) is 9.59 Å². The zero-order valence-electron chi connectivity index (χ0n) is 16.3. The molecular weight excluding hydrogens is 352 g/mol. The number of nitrogens with one attached hydrogen (secondary N) is 2. The van der Waals surface area contributed by atoms with Crippen molar-refractivity contribution in [2.45, 2.75) is 33.2 Å². The van der Waals surface area contributed by atoms with Crippen LogP contribution < -0.4 is 20.1 Å². The summed E-state index contributed by atoms with van der Waals surface area (Å²) in [7, 11) is 2.90. The summed E-state index contributed by atoms with van der Waals surface area (Å²) >= 11 is 0. The van der Waals surface area contributed by atoms with Crippen molar-refractivity contribution in [2.24, 2.45) is 11.8 Å². The maximum absolute atomic E-state index is 12.5. The lowest BCUT2D eigenvalue weighted by Gasteiger charge is -2.15. The van der Waals surface area contributed by atoms with E-state index in [1.807, 2.05) is 6.92 Å². The van der Waals surface area contributed by atoms with Gasteiger partial charge in [-0.15, -0.1) is 0 Å².